The third kappa shape index (κ3) is 3.62. The first kappa shape index (κ1) is 19.9. The maximum Gasteiger partial charge on any atom is 0.251 e. The molecular formula is C25H24N6O. The van der Waals surface area contributed by atoms with E-state index in [2.05, 4.69) is 21.7 Å². The van der Waals surface area contributed by atoms with E-state index in [4.69, 9.17) is 10.4 Å². The molecule has 160 valence electrons. The van der Waals surface area contributed by atoms with Crippen molar-refractivity contribution in [2.45, 2.75) is 32.7 Å². The molecule has 32 heavy (non-hydrogen) atoms. The standard InChI is InChI=1S/C25H24N6O/c1-15(2)28-25(32)17-5-3-16(4-6-17)23-24(31-12-11-27-14-22(31)30-23)29-19-8-9-20-18(13-19)7-10-21(20)26/h3-6,8-9,11-15,26,29H,7,10H2,1-2H3,(H,28,32). The van der Waals surface area contributed by atoms with Gasteiger partial charge in [0.15, 0.2) is 5.65 Å². The van der Waals surface area contributed by atoms with E-state index < -0.39 is 0 Å². The number of imidazole rings is 1. The Balaban J connectivity index is 1.53. The molecule has 0 atom stereocenters. The molecule has 5 rings (SSSR count). The van der Waals surface area contributed by atoms with Crippen molar-refractivity contribution in [1.82, 2.24) is 19.7 Å². The first-order valence-corrected chi connectivity index (χ1v) is 10.7. The molecule has 0 saturated carbocycles. The Bertz CT molecular complexity index is 1340. The lowest BCUT2D eigenvalue weighted by Gasteiger charge is -2.11. The van der Waals surface area contributed by atoms with E-state index in [0.717, 1.165) is 46.8 Å². The lowest BCUT2D eigenvalue weighted by molar-refractivity contribution is 0.0943. The second kappa shape index (κ2) is 7.92. The van der Waals surface area contributed by atoms with Crippen LogP contribution in [0.2, 0.25) is 0 Å². The molecule has 7 heteroatoms. The van der Waals surface area contributed by atoms with E-state index >= 15 is 0 Å². The first-order chi connectivity index (χ1) is 15.5. The molecule has 7 nitrogen and oxygen atoms in total. The number of hydrogen-bond donors (Lipinski definition) is 3. The summed E-state index contributed by atoms with van der Waals surface area (Å²) < 4.78 is 1.97. The van der Waals surface area contributed by atoms with Gasteiger partial charge in [0.2, 0.25) is 0 Å². The molecule has 2 aromatic heterocycles. The maximum absolute atomic E-state index is 12.3. The topological polar surface area (TPSA) is 95.2 Å². The van der Waals surface area contributed by atoms with E-state index in [-0.39, 0.29) is 11.9 Å². The van der Waals surface area contributed by atoms with E-state index in [9.17, 15) is 4.79 Å². The van der Waals surface area contributed by atoms with Gasteiger partial charge in [0.1, 0.15) is 11.5 Å². The average molecular weight is 425 g/mol. The van der Waals surface area contributed by atoms with Crippen molar-refractivity contribution < 1.29 is 4.79 Å². The molecule has 0 radical (unpaired) electrons. The molecule has 1 amide bonds. The number of carbonyl (C=O) groups excluding carboxylic acids is 1. The van der Waals surface area contributed by atoms with Gasteiger partial charge < -0.3 is 16.0 Å². The fourth-order valence-electron chi connectivity index (χ4n) is 4.06. The summed E-state index contributed by atoms with van der Waals surface area (Å²) in [7, 11) is 0. The van der Waals surface area contributed by atoms with E-state index in [1.165, 1.54) is 5.56 Å². The predicted octanol–water partition coefficient (Wildman–Crippen LogP) is 4.59. The highest BCUT2D eigenvalue weighted by Crippen LogP contribution is 2.33. The fraction of sp³-hybridized carbons (Fsp3) is 0.200. The van der Waals surface area contributed by atoms with Crippen molar-refractivity contribution in [3.05, 3.63) is 77.7 Å². The number of anilines is 2. The summed E-state index contributed by atoms with van der Waals surface area (Å²) in [5.41, 5.74) is 6.91. The van der Waals surface area contributed by atoms with Crippen LogP contribution >= 0.6 is 0 Å². The van der Waals surface area contributed by atoms with Crippen LogP contribution < -0.4 is 10.6 Å². The van der Waals surface area contributed by atoms with Crippen molar-refractivity contribution in [2.24, 2.45) is 0 Å². The van der Waals surface area contributed by atoms with Gasteiger partial charge in [0.25, 0.3) is 5.91 Å². The largest absolute Gasteiger partial charge is 0.350 e. The second-order valence-electron chi connectivity index (χ2n) is 8.29. The summed E-state index contributed by atoms with van der Waals surface area (Å²) in [4.78, 5) is 21.3. The van der Waals surface area contributed by atoms with Gasteiger partial charge in [-0.3, -0.25) is 14.2 Å². The Morgan fingerprint density at radius 2 is 1.94 bits per heavy atom. The van der Waals surface area contributed by atoms with Gasteiger partial charge in [0.05, 0.1) is 6.20 Å². The molecule has 0 fully saturated rings. The quantitative estimate of drug-likeness (QED) is 0.437. The summed E-state index contributed by atoms with van der Waals surface area (Å²) in [5, 5.41) is 14.5. The Kier molecular flexibility index (Phi) is 4.93. The number of aromatic nitrogens is 3. The number of nitrogens with zero attached hydrogens (tertiary/aromatic N) is 3. The molecular weight excluding hydrogens is 400 g/mol. The third-order valence-corrected chi connectivity index (χ3v) is 5.61. The molecule has 0 spiro atoms. The number of amides is 1. The van der Waals surface area contributed by atoms with E-state index in [1.807, 2.05) is 60.8 Å². The van der Waals surface area contributed by atoms with Crippen LogP contribution in [0.4, 0.5) is 11.5 Å². The molecule has 1 aliphatic rings. The lowest BCUT2D eigenvalue weighted by Crippen LogP contribution is -2.29. The molecule has 3 N–H and O–H groups in total. The van der Waals surface area contributed by atoms with Gasteiger partial charge in [-0.15, -0.1) is 0 Å². The van der Waals surface area contributed by atoms with Crippen LogP contribution in [0.15, 0.2) is 61.1 Å². The zero-order chi connectivity index (χ0) is 22.2. The molecule has 4 aromatic rings. The number of aryl methyl sites for hydroxylation is 1. The van der Waals surface area contributed by atoms with Crippen LogP contribution in [-0.4, -0.2) is 32.0 Å². The number of fused-ring (bicyclic) bond motifs is 2. The minimum absolute atomic E-state index is 0.0833. The second-order valence-corrected chi connectivity index (χ2v) is 8.29. The lowest BCUT2D eigenvalue weighted by atomic mass is 10.1. The zero-order valence-corrected chi connectivity index (χ0v) is 18.0. The molecule has 0 bridgehead atoms. The van der Waals surface area contributed by atoms with Gasteiger partial charge in [0, 0.05) is 41.0 Å². The number of benzene rings is 2. The Morgan fingerprint density at radius 3 is 2.72 bits per heavy atom. The Morgan fingerprint density at radius 1 is 1.12 bits per heavy atom. The highest BCUT2D eigenvalue weighted by Gasteiger charge is 2.19. The van der Waals surface area contributed by atoms with Crippen molar-refractivity contribution in [3.63, 3.8) is 0 Å². The predicted molar refractivity (Wildman–Crippen MR) is 126 cm³/mol. The van der Waals surface area contributed by atoms with Gasteiger partial charge in [-0.05, 0) is 62.1 Å². The fourth-order valence-corrected chi connectivity index (χ4v) is 4.06. The van der Waals surface area contributed by atoms with Crippen molar-refractivity contribution in [2.75, 3.05) is 5.32 Å². The minimum Gasteiger partial charge on any atom is -0.350 e. The Labute approximate surface area is 186 Å². The third-order valence-electron chi connectivity index (χ3n) is 5.61. The van der Waals surface area contributed by atoms with Crippen LogP contribution in [-0.2, 0) is 6.42 Å². The van der Waals surface area contributed by atoms with Gasteiger partial charge >= 0.3 is 0 Å². The SMILES string of the molecule is CC(C)NC(=O)c1ccc(-c2nc3cnccn3c2Nc2ccc3c(c2)CCC3=N)cc1. The molecule has 1 aliphatic carbocycles. The number of nitrogens with one attached hydrogen (secondary N) is 3. The van der Waals surface area contributed by atoms with Gasteiger partial charge in [-0.2, -0.15) is 0 Å². The summed E-state index contributed by atoms with van der Waals surface area (Å²) >= 11 is 0. The van der Waals surface area contributed by atoms with E-state index in [0.29, 0.717) is 11.3 Å². The van der Waals surface area contributed by atoms with Crippen LogP contribution in [0.5, 0.6) is 0 Å². The summed E-state index contributed by atoms with van der Waals surface area (Å²) in [6, 6.07) is 13.7. The normalized spacial score (nSPS) is 12.9. The van der Waals surface area contributed by atoms with Crippen LogP contribution in [0.1, 0.15) is 41.8 Å². The molecule has 0 unspecified atom stereocenters. The molecule has 0 aliphatic heterocycles. The van der Waals surface area contributed by atoms with Gasteiger partial charge in [-0.25, -0.2) is 4.98 Å². The minimum atomic E-state index is -0.0900. The van der Waals surface area contributed by atoms with Crippen molar-refractivity contribution in [3.8, 4) is 11.3 Å². The van der Waals surface area contributed by atoms with Crippen LogP contribution in [0.25, 0.3) is 16.9 Å². The molecule has 0 saturated heterocycles. The van der Waals surface area contributed by atoms with Crippen LogP contribution in [0, 0.1) is 5.41 Å². The summed E-state index contributed by atoms with van der Waals surface area (Å²) in [6.45, 7) is 3.88. The monoisotopic (exact) mass is 424 g/mol. The number of carbonyl (C=O) groups is 1. The highest BCUT2D eigenvalue weighted by molar-refractivity contribution is 6.02. The zero-order valence-electron chi connectivity index (χ0n) is 18.0. The van der Waals surface area contributed by atoms with Crippen LogP contribution in [0.3, 0.4) is 0 Å². The van der Waals surface area contributed by atoms with Gasteiger partial charge in [-0.1, -0.05) is 18.2 Å². The number of hydrogen-bond acceptors (Lipinski definition) is 5. The maximum atomic E-state index is 12.3. The van der Waals surface area contributed by atoms with Crippen molar-refractivity contribution in [1.29, 1.82) is 5.41 Å². The Hall–Kier alpha value is -4.00. The average Bonchev–Trinajstić information content (AvgIpc) is 3.34. The van der Waals surface area contributed by atoms with Crippen molar-refractivity contribution >= 4 is 28.8 Å². The molecule has 2 heterocycles. The smallest absolute Gasteiger partial charge is 0.251 e. The first-order valence-electron chi connectivity index (χ1n) is 10.7. The summed E-state index contributed by atoms with van der Waals surface area (Å²) in [5.74, 6) is 0.739. The van der Waals surface area contributed by atoms with E-state index in [1.54, 1.807) is 12.4 Å². The number of rotatable bonds is 5. The highest BCUT2D eigenvalue weighted by atomic mass is 16.1. The summed E-state index contributed by atoms with van der Waals surface area (Å²) in [6.07, 6.45) is 7.02. The molecule has 2 aromatic carbocycles.